The lowest BCUT2D eigenvalue weighted by Crippen LogP contribution is -1.85. The molecule has 3 rings (SSSR count). The third kappa shape index (κ3) is 2.37. The molecule has 0 nitrogen and oxygen atoms in total. The van der Waals surface area contributed by atoms with E-state index in [1.807, 2.05) is 18.2 Å². The Morgan fingerprint density at radius 3 is 2.05 bits per heavy atom. The molecule has 0 aliphatic carbocycles. The van der Waals surface area contributed by atoms with Crippen LogP contribution in [-0.2, 0) is 0 Å². The fourth-order valence-electron chi connectivity index (χ4n) is 2.15. The summed E-state index contributed by atoms with van der Waals surface area (Å²) in [4.78, 5) is 0. The minimum Gasteiger partial charge on any atom is -0.206 e. The first-order valence-electron chi connectivity index (χ1n) is 5.89. The number of rotatable bonds is 1. The van der Waals surface area contributed by atoms with Crippen LogP contribution in [0.1, 0.15) is 0 Å². The molecule has 0 N–H and O–H groups in total. The third-order valence-corrected chi connectivity index (χ3v) is 4.33. The van der Waals surface area contributed by atoms with Gasteiger partial charge in [0.25, 0.3) is 0 Å². The molecule has 0 atom stereocenters. The van der Waals surface area contributed by atoms with E-state index >= 15 is 0 Å². The lowest BCUT2D eigenvalue weighted by molar-refractivity contribution is 0.640. The van der Waals surface area contributed by atoms with Crippen molar-refractivity contribution in [1.82, 2.24) is 0 Å². The number of fused-ring (bicyclic) bond motifs is 1. The smallest absolute Gasteiger partial charge is 0.131 e. The molecule has 3 aromatic rings. The van der Waals surface area contributed by atoms with Crippen molar-refractivity contribution in [3.63, 3.8) is 0 Å². The van der Waals surface area contributed by atoms with Gasteiger partial charge in [0.1, 0.15) is 5.82 Å². The molecule has 0 aliphatic rings. The average Bonchev–Trinajstić information content (AvgIpc) is 2.44. The van der Waals surface area contributed by atoms with Crippen LogP contribution in [0, 0.1) is 5.82 Å². The van der Waals surface area contributed by atoms with E-state index in [9.17, 15) is 4.39 Å². The van der Waals surface area contributed by atoms with Gasteiger partial charge in [0, 0.05) is 5.39 Å². The number of hydrogen-bond donors (Lipinski definition) is 0. The molecule has 0 fully saturated rings. The van der Waals surface area contributed by atoms with E-state index in [4.69, 9.17) is 34.8 Å². The summed E-state index contributed by atoms with van der Waals surface area (Å²) in [7, 11) is 0. The summed E-state index contributed by atoms with van der Waals surface area (Å²) in [6, 6.07) is 14.0. The maximum atomic E-state index is 14.1. The molecule has 0 saturated heterocycles. The number of halogens is 4. The van der Waals surface area contributed by atoms with Gasteiger partial charge in [0.2, 0.25) is 0 Å². The van der Waals surface area contributed by atoms with E-state index in [0.29, 0.717) is 26.0 Å². The summed E-state index contributed by atoms with van der Waals surface area (Å²) < 4.78 is 14.1. The first-order chi connectivity index (χ1) is 9.56. The van der Waals surface area contributed by atoms with Gasteiger partial charge in [-0.2, -0.15) is 0 Å². The number of hydrogen-bond acceptors (Lipinski definition) is 0. The largest absolute Gasteiger partial charge is 0.206 e. The minimum atomic E-state index is -0.278. The highest BCUT2D eigenvalue weighted by atomic mass is 35.5. The molecule has 0 amide bonds. The molecule has 0 bridgehead atoms. The van der Waals surface area contributed by atoms with Crippen LogP contribution in [-0.4, -0.2) is 0 Å². The summed E-state index contributed by atoms with van der Waals surface area (Å²) in [5, 5.41) is 2.41. The average molecular weight is 326 g/mol. The van der Waals surface area contributed by atoms with Crippen LogP contribution < -0.4 is 0 Å². The van der Waals surface area contributed by atoms with Crippen molar-refractivity contribution in [3.05, 3.63) is 69.4 Å². The second-order valence-electron chi connectivity index (χ2n) is 4.43. The van der Waals surface area contributed by atoms with E-state index in [1.54, 1.807) is 24.3 Å². The van der Waals surface area contributed by atoms with Crippen molar-refractivity contribution in [2.45, 2.75) is 0 Å². The Morgan fingerprint density at radius 2 is 1.35 bits per heavy atom. The summed E-state index contributed by atoms with van der Waals surface area (Å²) in [6.07, 6.45) is 0. The first-order valence-corrected chi connectivity index (χ1v) is 7.03. The summed E-state index contributed by atoms with van der Waals surface area (Å²) in [6.45, 7) is 0. The van der Waals surface area contributed by atoms with E-state index in [-0.39, 0.29) is 5.82 Å². The lowest BCUT2D eigenvalue weighted by atomic mass is 10.0. The van der Waals surface area contributed by atoms with Crippen LogP contribution in [0.5, 0.6) is 0 Å². The van der Waals surface area contributed by atoms with E-state index in [2.05, 4.69) is 0 Å². The standard InChI is InChI=1S/C16H8Cl3F/c17-13-6-11(7-14(18)16(13)19)10-5-9-3-1-2-4-12(9)15(20)8-10/h1-8H. The van der Waals surface area contributed by atoms with Crippen molar-refractivity contribution in [1.29, 1.82) is 0 Å². The Hall–Kier alpha value is -1.28. The molecule has 20 heavy (non-hydrogen) atoms. The van der Waals surface area contributed by atoms with Gasteiger partial charge in [0.05, 0.1) is 15.1 Å². The first kappa shape index (κ1) is 13.7. The Morgan fingerprint density at radius 1 is 0.750 bits per heavy atom. The Kier molecular flexibility index (Phi) is 3.59. The van der Waals surface area contributed by atoms with Crippen LogP contribution in [0.2, 0.25) is 15.1 Å². The highest BCUT2D eigenvalue weighted by molar-refractivity contribution is 6.48. The van der Waals surface area contributed by atoms with Crippen LogP contribution in [0.4, 0.5) is 4.39 Å². The zero-order valence-corrected chi connectivity index (χ0v) is 12.4. The molecule has 0 aliphatic heterocycles. The van der Waals surface area contributed by atoms with Crippen molar-refractivity contribution >= 4 is 45.6 Å². The van der Waals surface area contributed by atoms with Crippen LogP contribution in [0.25, 0.3) is 21.9 Å². The van der Waals surface area contributed by atoms with Crippen molar-refractivity contribution < 1.29 is 4.39 Å². The Balaban J connectivity index is 2.25. The second-order valence-corrected chi connectivity index (χ2v) is 5.63. The van der Waals surface area contributed by atoms with Gasteiger partial charge in [-0.1, -0.05) is 59.1 Å². The minimum absolute atomic E-state index is 0.278. The molecule has 4 heteroatoms. The monoisotopic (exact) mass is 324 g/mol. The molecule has 0 heterocycles. The van der Waals surface area contributed by atoms with Crippen molar-refractivity contribution in [3.8, 4) is 11.1 Å². The topological polar surface area (TPSA) is 0 Å². The SMILES string of the molecule is Fc1cc(-c2cc(Cl)c(Cl)c(Cl)c2)cc2ccccc12. The highest BCUT2D eigenvalue weighted by Gasteiger charge is 2.10. The summed E-state index contributed by atoms with van der Waals surface area (Å²) >= 11 is 18.0. The molecule has 0 unspecified atom stereocenters. The fourth-order valence-corrected chi connectivity index (χ4v) is 2.75. The summed E-state index contributed by atoms with van der Waals surface area (Å²) in [5.74, 6) is -0.278. The predicted octanol–water partition coefficient (Wildman–Crippen LogP) is 6.61. The maximum absolute atomic E-state index is 14.1. The van der Waals surface area contributed by atoms with Gasteiger partial charge in [-0.25, -0.2) is 4.39 Å². The molecular formula is C16H8Cl3F. The highest BCUT2D eigenvalue weighted by Crippen LogP contribution is 2.36. The maximum Gasteiger partial charge on any atom is 0.131 e. The summed E-state index contributed by atoms with van der Waals surface area (Å²) in [5.41, 5.74) is 1.44. The van der Waals surface area contributed by atoms with Crippen molar-refractivity contribution in [2.24, 2.45) is 0 Å². The fraction of sp³-hybridized carbons (Fsp3) is 0. The molecule has 0 radical (unpaired) electrons. The van der Waals surface area contributed by atoms with Gasteiger partial charge in [0.15, 0.2) is 0 Å². The molecule has 0 saturated carbocycles. The number of benzene rings is 3. The Bertz CT molecular complexity index is 789. The molecular weight excluding hydrogens is 318 g/mol. The van der Waals surface area contributed by atoms with Crippen LogP contribution in [0.15, 0.2) is 48.5 Å². The van der Waals surface area contributed by atoms with Crippen LogP contribution in [0.3, 0.4) is 0 Å². The lowest BCUT2D eigenvalue weighted by Gasteiger charge is -2.08. The third-order valence-electron chi connectivity index (χ3n) is 3.13. The van der Waals surface area contributed by atoms with Gasteiger partial charge >= 0.3 is 0 Å². The molecule has 0 aromatic heterocycles. The van der Waals surface area contributed by atoms with Crippen molar-refractivity contribution in [2.75, 3.05) is 0 Å². The van der Waals surface area contributed by atoms with Gasteiger partial charge < -0.3 is 0 Å². The van der Waals surface area contributed by atoms with E-state index < -0.39 is 0 Å². The predicted molar refractivity (Wildman–Crippen MR) is 84.4 cm³/mol. The molecule has 0 spiro atoms. The van der Waals surface area contributed by atoms with Gasteiger partial charge in [-0.05, 0) is 40.8 Å². The second kappa shape index (κ2) is 5.25. The molecule has 3 aromatic carbocycles. The van der Waals surface area contributed by atoms with E-state index in [1.165, 1.54) is 6.07 Å². The van der Waals surface area contributed by atoms with Crippen LogP contribution >= 0.6 is 34.8 Å². The quantitative estimate of drug-likeness (QED) is 0.442. The Labute approximate surface area is 130 Å². The van der Waals surface area contributed by atoms with E-state index in [0.717, 1.165) is 10.9 Å². The molecule has 100 valence electrons. The zero-order chi connectivity index (χ0) is 14.3. The van der Waals surface area contributed by atoms with Gasteiger partial charge in [-0.15, -0.1) is 0 Å². The normalized spacial score (nSPS) is 11.0. The zero-order valence-electron chi connectivity index (χ0n) is 10.1. The van der Waals surface area contributed by atoms with Gasteiger partial charge in [-0.3, -0.25) is 0 Å².